The minimum Gasteiger partial charge on any atom is -0.493 e. The van der Waals surface area contributed by atoms with Gasteiger partial charge in [0.05, 0.1) is 37.4 Å². The standard InChI is InChI=1S/C23H27NO6/c1-5-28-22(26)17-12-18(23(27)29-6-2)14-19(13-17)24-21(25)9-10-30-20-11-15(3)7-8-16(20)4/h7-8,11-14H,5-6,9-10H2,1-4H3,(H,24,25). The molecule has 2 aromatic carbocycles. The molecule has 0 atom stereocenters. The van der Waals surface area contributed by atoms with Gasteiger partial charge >= 0.3 is 11.9 Å². The number of aryl methyl sites for hydroxylation is 2. The molecular weight excluding hydrogens is 386 g/mol. The first-order chi connectivity index (χ1) is 14.3. The third-order valence-electron chi connectivity index (χ3n) is 4.17. The molecule has 0 aromatic heterocycles. The average molecular weight is 413 g/mol. The van der Waals surface area contributed by atoms with Gasteiger partial charge in [-0.05, 0) is 63.1 Å². The second-order valence-electron chi connectivity index (χ2n) is 6.66. The summed E-state index contributed by atoms with van der Waals surface area (Å²) in [5.41, 5.74) is 2.68. The van der Waals surface area contributed by atoms with Gasteiger partial charge in [-0.15, -0.1) is 0 Å². The number of benzene rings is 2. The minimum atomic E-state index is -0.586. The number of anilines is 1. The zero-order valence-electron chi connectivity index (χ0n) is 17.7. The largest absolute Gasteiger partial charge is 0.493 e. The van der Waals surface area contributed by atoms with Crippen LogP contribution >= 0.6 is 0 Å². The molecule has 0 saturated heterocycles. The molecule has 0 bridgehead atoms. The Bertz CT molecular complexity index is 886. The molecule has 160 valence electrons. The van der Waals surface area contributed by atoms with Crippen molar-refractivity contribution in [2.75, 3.05) is 25.1 Å². The van der Waals surface area contributed by atoms with Gasteiger partial charge < -0.3 is 19.5 Å². The summed E-state index contributed by atoms with van der Waals surface area (Å²) in [6.07, 6.45) is 0.103. The van der Waals surface area contributed by atoms with E-state index >= 15 is 0 Å². The summed E-state index contributed by atoms with van der Waals surface area (Å²) in [5.74, 6) is -0.748. The monoisotopic (exact) mass is 413 g/mol. The normalized spacial score (nSPS) is 10.3. The summed E-state index contributed by atoms with van der Waals surface area (Å²) in [4.78, 5) is 36.5. The Labute approximate surface area is 176 Å². The minimum absolute atomic E-state index is 0.103. The van der Waals surface area contributed by atoms with Crippen LogP contribution in [0.4, 0.5) is 5.69 Å². The van der Waals surface area contributed by atoms with Gasteiger partial charge in [-0.25, -0.2) is 9.59 Å². The average Bonchev–Trinajstić information content (AvgIpc) is 2.70. The summed E-state index contributed by atoms with van der Waals surface area (Å²) >= 11 is 0. The topological polar surface area (TPSA) is 90.9 Å². The highest BCUT2D eigenvalue weighted by Crippen LogP contribution is 2.20. The molecule has 0 radical (unpaired) electrons. The molecule has 0 heterocycles. The first-order valence-corrected chi connectivity index (χ1v) is 9.83. The number of ether oxygens (including phenoxy) is 3. The smallest absolute Gasteiger partial charge is 0.338 e. The van der Waals surface area contributed by atoms with Crippen LogP contribution in [0.25, 0.3) is 0 Å². The van der Waals surface area contributed by atoms with Gasteiger partial charge in [0.1, 0.15) is 5.75 Å². The van der Waals surface area contributed by atoms with Crippen molar-refractivity contribution in [3.8, 4) is 5.75 Å². The van der Waals surface area contributed by atoms with Crippen molar-refractivity contribution in [2.24, 2.45) is 0 Å². The van der Waals surface area contributed by atoms with Crippen LogP contribution in [-0.2, 0) is 14.3 Å². The summed E-state index contributed by atoms with van der Waals surface area (Å²) in [7, 11) is 0. The Balaban J connectivity index is 2.07. The number of hydrogen-bond acceptors (Lipinski definition) is 6. The van der Waals surface area contributed by atoms with E-state index in [1.54, 1.807) is 13.8 Å². The first-order valence-electron chi connectivity index (χ1n) is 9.83. The fourth-order valence-corrected chi connectivity index (χ4v) is 2.70. The van der Waals surface area contributed by atoms with Crippen molar-refractivity contribution in [2.45, 2.75) is 34.1 Å². The SMILES string of the molecule is CCOC(=O)c1cc(NC(=O)CCOc2cc(C)ccc2C)cc(C(=O)OCC)c1. The quantitative estimate of drug-likeness (QED) is 0.624. The van der Waals surface area contributed by atoms with Gasteiger partial charge in [-0.2, -0.15) is 0 Å². The van der Waals surface area contributed by atoms with Crippen LogP contribution in [0.5, 0.6) is 5.75 Å². The molecule has 0 aliphatic carbocycles. The number of carbonyl (C=O) groups excluding carboxylic acids is 3. The Morgan fingerprint density at radius 2 is 1.47 bits per heavy atom. The summed E-state index contributed by atoms with van der Waals surface area (Å²) < 4.78 is 15.7. The highest BCUT2D eigenvalue weighted by molar-refractivity contribution is 5.99. The van der Waals surface area contributed by atoms with Crippen LogP contribution in [0.15, 0.2) is 36.4 Å². The number of carbonyl (C=O) groups is 3. The maximum absolute atomic E-state index is 12.3. The van der Waals surface area contributed by atoms with Crippen LogP contribution in [0.2, 0.25) is 0 Å². The number of amides is 1. The van der Waals surface area contributed by atoms with E-state index in [1.165, 1.54) is 18.2 Å². The predicted octanol–water partition coefficient (Wildman–Crippen LogP) is 4.06. The molecule has 30 heavy (non-hydrogen) atoms. The second-order valence-corrected chi connectivity index (χ2v) is 6.66. The third-order valence-corrected chi connectivity index (χ3v) is 4.17. The van der Waals surface area contributed by atoms with Crippen LogP contribution in [-0.4, -0.2) is 37.7 Å². The van der Waals surface area contributed by atoms with Gasteiger partial charge in [-0.1, -0.05) is 12.1 Å². The molecule has 0 fully saturated rings. The Hall–Kier alpha value is -3.35. The van der Waals surface area contributed by atoms with E-state index in [2.05, 4.69) is 5.32 Å². The van der Waals surface area contributed by atoms with Gasteiger partial charge in [0.25, 0.3) is 0 Å². The second kappa shape index (κ2) is 11.0. The molecule has 0 aliphatic heterocycles. The van der Waals surface area contributed by atoms with E-state index < -0.39 is 11.9 Å². The maximum Gasteiger partial charge on any atom is 0.338 e. The van der Waals surface area contributed by atoms with Crippen molar-refractivity contribution in [3.63, 3.8) is 0 Å². The highest BCUT2D eigenvalue weighted by atomic mass is 16.5. The predicted molar refractivity (Wildman–Crippen MR) is 113 cm³/mol. The molecular formula is C23H27NO6. The Kier molecular flexibility index (Phi) is 8.41. The number of rotatable bonds is 9. The summed E-state index contributed by atoms with van der Waals surface area (Å²) in [6.45, 7) is 7.86. The van der Waals surface area contributed by atoms with E-state index in [-0.39, 0.29) is 43.3 Å². The molecule has 7 heteroatoms. The Morgan fingerprint density at radius 3 is 2.03 bits per heavy atom. The molecule has 0 unspecified atom stereocenters. The van der Waals surface area contributed by atoms with Crippen molar-refractivity contribution >= 4 is 23.5 Å². The molecule has 0 aliphatic rings. The van der Waals surface area contributed by atoms with E-state index in [0.29, 0.717) is 5.69 Å². The number of hydrogen-bond donors (Lipinski definition) is 1. The van der Waals surface area contributed by atoms with E-state index in [9.17, 15) is 14.4 Å². The van der Waals surface area contributed by atoms with Crippen molar-refractivity contribution in [1.82, 2.24) is 0 Å². The maximum atomic E-state index is 12.3. The lowest BCUT2D eigenvalue weighted by Crippen LogP contribution is -2.17. The van der Waals surface area contributed by atoms with Gasteiger partial charge in [0, 0.05) is 5.69 Å². The zero-order valence-corrected chi connectivity index (χ0v) is 17.7. The summed E-state index contributed by atoms with van der Waals surface area (Å²) in [5, 5.41) is 2.69. The Morgan fingerprint density at radius 1 is 0.867 bits per heavy atom. The van der Waals surface area contributed by atoms with Gasteiger partial charge in [0.2, 0.25) is 5.91 Å². The van der Waals surface area contributed by atoms with Crippen molar-refractivity contribution in [3.05, 3.63) is 58.7 Å². The van der Waals surface area contributed by atoms with Crippen LogP contribution in [0, 0.1) is 13.8 Å². The summed E-state index contributed by atoms with van der Waals surface area (Å²) in [6, 6.07) is 10.2. The lowest BCUT2D eigenvalue weighted by molar-refractivity contribution is -0.116. The lowest BCUT2D eigenvalue weighted by Gasteiger charge is -2.12. The van der Waals surface area contributed by atoms with Crippen LogP contribution in [0.3, 0.4) is 0 Å². The van der Waals surface area contributed by atoms with Crippen molar-refractivity contribution < 1.29 is 28.6 Å². The van der Waals surface area contributed by atoms with E-state index in [1.807, 2.05) is 32.0 Å². The van der Waals surface area contributed by atoms with E-state index in [4.69, 9.17) is 14.2 Å². The molecule has 7 nitrogen and oxygen atoms in total. The number of nitrogens with one attached hydrogen (secondary N) is 1. The fraction of sp³-hybridized carbons (Fsp3) is 0.348. The number of esters is 2. The molecule has 0 saturated carbocycles. The molecule has 1 amide bonds. The highest BCUT2D eigenvalue weighted by Gasteiger charge is 2.16. The lowest BCUT2D eigenvalue weighted by atomic mass is 10.1. The fourth-order valence-electron chi connectivity index (χ4n) is 2.70. The molecule has 2 aromatic rings. The van der Waals surface area contributed by atoms with E-state index in [0.717, 1.165) is 16.9 Å². The zero-order chi connectivity index (χ0) is 22.1. The first kappa shape index (κ1) is 22.9. The molecule has 2 rings (SSSR count). The molecule has 0 spiro atoms. The van der Waals surface area contributed by atoms with Crippen LogP contribution in [0.1, 0.15) is 52.1 Å². The molecule has 1 N–H and O–H groups in total. The third kappa shape index (κ3) is 6.62. The van der Waals surface area contributed by atoms with Crippen LogP contribution < -0.4 is 10.1 Å². The van der Waals surface area contributed by atoms with Crippen molar-refractivity contribution in [1.29, 1.82) is 0 Å². The van der Waals surface area contributed by atoms with Gasteiger partial charge in [-0.3, -0.25) is 4.79 Å². The van der Waals surface area contributed by atoms with Gasteiger partial charge in [0.15, 0.2) is 0 Å².